The van der Waals surface area contributed by atoms with E-state index in [1.165, 1.54) is 10.7 Å². The summed E-state index contributed by atoms with van der Waals surface area (Å²) >= 11 is 0. The number of nitrogens with zero attached hydrogens (tertiary/aromatic N) is 4. The highest BCUT2D eigenvalue weighted by atomic mass is 16.2. The van der Waals surface area contributed by atoms with E-state index >= 15 is 0 Å². The van der Waals surface area contributed by atoms with Gasteiger partial charge in [0.15, 0.2) is 0 Å². The van der Waals surface area contributed by atoms with Gasteiger partial charge in [-0.15, -0.1) is 0 Å². The number of amides is 1. The smallest absolute Gasteiger partial charge is 0.267 e. The van der Waals surface area contributed by atoms with E-state index in [1.54, 1.807) is 6.07 Å². The Morgan fingerprint density at radius 3 is 2.64 bits per heavy atom. The normalized spacial score (nSPS) is 12.9. The maximum atomic E-state index is 12.9. The standard InChI is InChI=1S/C26H25N5O2/c1-18-9-11-19(12-10-18)21-13-14-26(33)31(29-21)17-25(32)28-22-7-3-2-6-20(22)23-16-30-15-5-4-8-24(30)27-23/h2-3,6-7,9-14,16H,4-5,8,15,17H2,1H3,(H,28,32). The highest BCUT2D eigenvalue weighted by molar-refractivity contribution is 5.94. The number of aromatic nitrogens is 4. The molecule has 166 valence electrons. The first kappa shape index (κ1) is 20.9. The number of anilines is 1. The summed E-state index contributed by atoms with van der Waals surface area (Å²) in [5.74, 6) is 0.767. The molecule has 2 aromatic heterocycles. The van der Waals surface area contributed by atoms with Crippen LogP contribution in [-0.4, -0.2) is 25.2 Å². The molecule has 7 heteroatoms. The number of imidazole rings is 1. The van der Waals surface area contributed by atoms with Crippen LogP contribution >= 0.6 is 0 Å². The molecule has 0 atom stereocenters. The average molecular weight is 440 g/mol. The minimum atomic E-state index is -0.323. The lowest BCUT2D eigenvalue weighted by atomic mass is 10.1. The first-order chi connectivity index (χ1) is 16.1. The van der Waals surface area contributed by atoms with Gasteiger partial charge in [0, 0.05) is 36.4 Å². The summed E-state index contributed by atoms with van der Waals surface area (Å²) in [4.78, 5) is 30.0. The Balaban J connectivity index is 1.37. The molecule has 1 amide bonds. The van der Waals surface area contributed by atoms with Crippen molar-refractivity contribution in [3.8, 4) is 22.5 Å². The first-order valence-corrected chi connectivity index (χ1v) is 11.2. The fourth-order valence-electron chi connectivity index (χ4n) is 4.12. The van der Waals surface area contributed by atoms with Crippen LogP contribution in [0.4, 0.5) is 5.69 Å². The zero-order valence-corrected chi connectivity index (χ0v) is 18.5. The summed E-state index contributed by atoms with van der Waals surface area (Å²) in [7, 11) is 0. The summed E-state index contributed by atoms with van der Waals surface area (Å²) in [6.45, 7) is 2.81. The molecule has 7 nitrogen and oxygen atoms in total. The molecule has 0 saturated carbocycles. The summed E-state index contributed by atoms with van der Waals surface area (Å²) in [6, 6.07) is 18.6. The van der Waals surface area contributed by atoms with Gasteiger partial charge >= 0.3 is 0 Å². The highest BCUT2D eigenvalue weighted by Gasteiger charge is 2.16. The van der Waals surface area contributed by atoms with Gasteiger partial charge in [-0.2, -0.15) is 5.10 Å². The lowest BCUT2D eigenvalue weighted by molar-refractivity contribution is -0.117. The molecule has 1 N–H and O–H groups in total. The third-order valence-corrected chi connectivity index (χ3v) is 5.89. The van der Waals surface area contributed by atoms with Crippen molar-refractivity contribution in [1.29, 1.82) is 0 Å². The Bertz CT molecular complexity index is 1340. The SMILES string of the molecule is Cc1ccc(-c2ccc(=O)n(CC(=O)Nc3ccccc3-c3cn4c(n3)CCCC4)n2)cc1. The molecule has 2 aromatic carbocycles. The Hall–Kier alpha value is -4.00. The number of rotatable bonds is 5. The zero-order chi connectivity index (χ0) is 22.8. The van der Waals surface area contributed by atoms with E-state index in [1.807, 2.05) is 55.5 Å². The molecule has 1 aliphatic rings. The lowest BCUT2D eigenvalue weighted by Gasteiger charge is -2.11. The van der Waals surface area contributed by atoms with Crippen LogP contribution in [0.1, 0.15) is 24.2 Å². The highest BCUT2D eigenvalue weighted by Crippen LogP contribution is 2.29. The van der Waals surface area contributed by atoms with Crippen molar-refractivity contribution in [2.75, 3.05) is 5.32 Å². The minimum Gasteiger partial charge on any atom is -0.334 e. The van der Waals surface area contributed by atoms with Crippen molar-refractivity contribution in [3.05, 3.63) is 88.6 Å². The second-order valence-electron chi connectivity index (χ2n) is 8.37. The Kier molecular flexibility index (Phi) is 5.60. The molecule has 33 heavy (non-hydrogen) atoms. The van der Waals surface area contributed by atoms with Crippen LogP contribution in [0.2, 0.25) is 0 Å². The largest absolute Gasteiger partial charge is 0.334 e. The molecule has 0 aliphatic carbocycles. The second kappa shape index (κ2) is 8.86. The van der Waals surface area contributed by atoms with Crippen molar-refractivity contribution in [1.82, 2.24) is 19.3 Å². The predicted octanol–water partition coefficient (Wildman–Crippen LogP) is 4.06. The van der Waals surface area contributed by atoms with Crippen LogP contribution in [0.25, 0.3) is 22.5 Å². The van der Waals surface area contributed by atoms with E-state index in [9.17, 15) is 9.59 Å². The average Bonchev–Trinajstić information content (AvgIpc) is 3.25. The monoisotopic (exact) mass is 439 g/mol. The van der Waals surface area contributed by atoms with E-state index < -0.39 is 0 Å². The van der Waals surface area contributed by atoms with Crippen LogP contribution in [0.3, 0.4) is 0 Å². The summed E-state index contributed by atoms with van der Waals surface area (Å²) < 4.78 is 3.39. The van der Waals surface area contributed by atoms with Gasteiger partial charge in [-0.25, -0.2) is 9.67 Å². The predicted molar refractivity (Wildman–Crippen MR) is 128 cm³/mol. The van der Waals surface area contributed by atoms with Gasteiger partial charge in [-0.05, 0) is 31.9 Å². The van der Waals surface area contributed by atoms with Gasteiger partial charge in [0.2, 0.25) is 5.91 Å². The fourth-order valence-corrected chi connectivity index (χ4v) is 4.12. The number of hydrogen-bond donors (Lipinski definition) is 1. The fraction of sp³-hybridized carbons (Fsp3) is 0.231. The van der Waals surface area contributed by atoms with Crippen molar-refractivity contribution in [2.45, 2.75) is 39.3 Å². The van der Waals surface area contributed by atoms with Gasteiger partial charge < -0.3 is 9.88 Å². The Morgan fingerprint density at radius 2 is 1.82 bits per heavy atom. The van der Waals surface area contributed by atoms with Crippen molar-refractivity contribution >= 4 is 11.6 Å². The van der Waals surface area contributed by atoms with Crippen LogP contribution in [0.5, 0.6) is 0 Å². The topological polar surface area (TPSA) is 81.8 Å². The van der Waals surface area contributed by atoms with E-state index in [-0.39, 0.29) is 18.0 Å². The van der Waals surface area contributed by atoms with Gasteiger partial charge in [0.05, 0.1) is 17.1 Å². The molecule has 0 fully saturated rings. The molecular weight excluding hydrogens is 414 g/mol. The van der Waals surface area contributed by atoms with Gasteiger partial charge in [-0.3, -0.25) is 9.59 Å². The molecular formula is C26H25N5O2. The van der Waals surface area contributed by atoms with Crippen molar-refractivity contribution < 1.29 is 4.79 Å². The molecule has 0 spiro atoms. The molecule has 0 bridgehead atoms. The maximum Gasteiger partial charge on any atom is 0.267 e. The van der Waals surface area contributed by atoms with Crippen molar-refractivity contribution in [2.24, 2.45) is 0 Å². The van der Waals surface area contributed by atoms with Gasteiger partial charge in [-0.1, -0.05) is 48.0 Å². The Labute approximate surface area is 191 Å². The molecule has 0 unspecified atom stereocenters. The van der Waals surface area contributed by atoms with E-state index in [0.717, 1.165) is 54.0 Å². The number of nitrogens with one attached hydrogen (secondary N) is 1. The number of benzene rings is 2. The van der Waals surface area contributed by atoms with E-state index in [2.05, 4.69) is 21.2 Å². The van der Waals surface area contributed by atoms with Crippen molar-refractivity contribution in [3.63, 3.8) is 0 Å². The second-order valence-corrected chi connectivity index (χ2v) is 8.37. The third-order valence-electron chi connectivity index (χ3n) is 5.89. The third kappa shape index (κ3) is 4.48. The number of fused-ring (bicyclic) bond motifs is 1. The Morgan fingerprint density at radius 1 is 1.00 bits per heavy atom. The number of carbonyl (C=O) groups excluding carboxylic acids is 1. The number of aryl methyl sites for hydroxylation is 3. The molecule has 4 aromatic rings. The van der Waals surface area contributed by atoms with Crippen LogP contribution in [0.15, 0.2) is 71.7 Å². The molecule has 3 heterocycles. The lowest BCUT2D eigenvalue weighted by Crippen LogP contribution is -2.29. The maximum absolute atomic E-state index is 12.9. The van der Waals surface area contributed by atoms with Crippen LogP contribution < -0.4 is 10.9 Å². The molecule has 0 radical (unpaired) electrons. The summed E-state index contributed by atoms with van der Waals surface area (Å²) in [5, 5.41) is 7.35. The van der Waals surface area contributed by atoms with Crippen LogP contribution in [-0.2, 0) is 24.3 Å². The number of para-hydroxylation sites is 1. The van der Waals surface area contributed by atoms with Gasteiger partial charge in [0.25, 0.3) is 5.56 Å². The molecule has 1 aliphatic heterocycles. The van der Waals surface area contributed by atoms with E-state index in [4.69, 9.17) is 4.98 Å². The number of carbonyl (C=O) groups is 1. The number of hydrogen-bond acceptors (Lipinski definition) is 4. The van der Waals surface area contributed by atoms with E-state index in [0.29, 0.717) is 11.4 Å². The van der Waals surface area contributed by atoms with Crippen LogP contribution in [0, 0.1) is 6.92 Å². The summed E-state index contributed by atoms with van der Waals surface area (Å²) in [5.41, 5.74) is 4.73. The molecule has 0 saturated heterocycles. The van der Waals surface area contributed by atoms with Gasteiger partial charge in [0.1, 0.15) is 12.4 Å². The zero-order valence-electron chi connectivity index (χ0n) is 18.5. The minimum absolute atomic E-state index is 0.174. The molecule has 5 rings (SSSR count). The first-order valence-electron chi connectivity index (χ1n) is 11.2. The summed E-state index contributed by atoms with van der Waals surface area (Å²) in [6.07, 6.45) is 5.33. The quantitative estimate of drug-likeness (QED) is 0.509.